The van der Waals surface area contributed by atoms with Crippen LogP contribution in [0.1, 0.15) is 46.0 Å². The first kappa shape index (κ1) is 15.6. The third kappa shape index (κ3) is 4.07. The summed E-state index contributed by atoms with van der Waals surface area (Å²) >= 11 is 0. The lowest BCUT2D eigenvalue weighted by atomic mass is 10.0. The lowest BCUT2D eigenvalue weighted by Crippen LogP contribution is -2.36. The van der Waals surface area contributed by atoms with Gasteiger partial charge in [-0.3, -0.25) is 0 Å². The number of aromatic nitrogens is 2. The van der Waals surface area contributed by atoms with Crippen LogP contribution in [0.2, 0.25) is 0 Å². The van der Waals surface area contributed by atoms with Crippen molar-refractivity contribution in [3.05, 3.63) is 12.1 Å². The minimum absolute atomic E-state index is 0.0167. The van der Waals surface area contributed by atoms with Crippen molar-refractivity contribution >= 4 is 5.82 Å². The molecule has 0 spiro atoms. The Labute approximate surface area is 125 Å². The summed E-state index contributed by atoms with van der Waals surface area (Å²) in [5.41, 5.74) is 0. The predicted octanol–water partition coefficient (Wildman–Crippen LogP) is 3.18. The molecule has 2 heterocycles. The van der Waals surface area contributed by atoms with Gasteiger partial charge in [-0.15, -0.1) is 5.92 Å². The number of anilines is 1. The minimum Gasteiger partial charge on any atom is -0.462 e. The molecule has 21 heavy (non-hydrogen) atoms. The van der Waals surface area contributed by atoms with Crippen molar-refractivity contribution in [3.8, 4) is 17.7 Å². The molecule has 0 amide bonds. The van der Waals surface area contributed by atoms with E-state index < -0.39 is 5.82 Å². The third-order valence-electron chi connectivity index (χ3n) is 3.77. The first-order valence-corrected chi connectivity index (χ1v) is 7.53. The van der Waals surface area contributed by atoms with E-state index in [1.165, 1.54) is 25.6 Å². The summed E-state index contributed by atoms with van der Waals surface area (Å²) in [6.07, 6.45) is 7.10. The summed E-state index contributed by atoms with van der Waals surface area (Å²) in [5.74, 6) is 5.29. The van der Waals surface area contributed by atoms with Gasteiger partial charge in [0.15, 0.2) is 12.4 Å². The molecular formula is C16H22FN3O. The molecule has 1 saturated heterocycles. The zero-order valence-electron chi connectivity index (χ0n) is 12.7. The highest BCUT2D eigenvalue weighted by Crippen LogP contribution is 2.27. The zero-order valence-corrected chi connectivity index (χ0v) is 12.7. The Morgan fingerprint density at radius 3 is 2.95 bits per heavy atom. The summed E-state index contributed by atoms with van der Waals surface area (Å²) in [4.78, 5) is 10.0. The average molecular weight is 291 g/mol. The highest BCUT2D eigenvalue weighted by atomic mass is 19.1. The van der Waals surface area contributed by atoms with E-state index in [2.05, 4.69) is 28.7 Å². The van der Waals surface area contributed by atoms with E-state index in [9.17, 15) is 4.39 Å². The molecule has 0 radical (unpaired) electrons. The van der Waals surface area contributed by atoms with Crippen LogP contribution in [0, 0.1) is 17.7 Å². The van der Waals surface area contributed by atoms with E-state index in [4.69, 9.17) is 4.74 Å². The van der Waals surface area contributed by atoms with Gasteiger partial charge in [0.2, 0.25) is 5.82 Å². The quantitative estimate of drug-likeness (QED) is 0.802. The molecule has 0 bridgehead atoms. The fourth-order valence-electron chi connectivity index (χ4n) is 2.59. The number of ether oxygens (including phenoxy) is 1. The fourth-order valence-corrected chi connectivity index (χ4v) is 2.59. The van der Waals surface area contributed by atoms with E-state index in [0.29, 0.717) is 5.82 Å². The van der Waals surface area contributed by atoms with Crippen LogP contribution in [-0.2, 0) is 0 Å². The van der Waals surface area contributed by atoms with Crippen LogP contribution in [0.3, 0.4) is 0 Å². The summed E-state index contributed by atoms with van der Waals surface area (Å²) in [6.45, 7) is 4.80. The largest absolute Gasteiger partial charge is 0.462 e. The van der Waals surface area contributed by atoms with Gasteiger partial charge in [0.1, 0.15) is 6.33 Å². The molecular weight excluding hydrogens is 269 g/mol. The van der Waals surface area contributed by atoms with Crippen LogP contribution in [0.15, 0.2) is 6.33 Å². The van der Waals surface area contributed by atoms with Crippen molar-refractivity contribution < 1.29 is 9.13 Å². The lowest BCUT2D eigenvalue weighted by Gasteiger charge is -2.32. The highest BCUT2D eigenvalue weighted by Gasteiger charge is 2.23. The predicted molar refractivity (Wildman–Crippen MR) is 80.8 cm³/mol. The maximum Gasteiger partial charge on any atom is 0.256 e. The Kier molecular flexibility index (Phi) is 5.79. The smallest absolute Gasteiger partial charge is 0.256 e. The molecule has 1 aromatic rings. The summed E-state index contributed by atoms with van der Waals surface area (Å²) in [5, 5.41) is 0. The van der Waals surface area contributed by atoms with Crippen LogP contribution < -0.4 is 9.64 Å². The van der Waals surface area contributed by atoms with Gasteiger partial charge in [-0.05, 0) is 26.7 Å². The molecule has 1 atom stereocenters. The second-order valence-electron chi connectivity index (χ2n) is 5.28. The van der Waals surface area contributed by atoms with Crippen LogP contribution in [0.4, 0.5) is 10.2 Å². The molecule has 1 fully saturated rings. The maximum atomic E-state index is 14.6. The van der Waals surface area contributed by atoms with Gasteiger partial charge in [0.25, 0.3) is 5.88 Å². The van der Waals surface area contributed by atoms with Crippen molar-refractivity contribution in [3.63, 3.8) is 0 Å². The Morgan fingerprint density at radius 1 is 1.33 bits per heavy atom. The van der Waals surface area contributed by atoms with Crippen LogP contribution >= 0.6 is 0 Å². The van der Waals surface area contributed by atoms with Gasteiger partial charge < -0.3 is 9.64 Å². The first-order valence-electron chi connectivity index (χ1n) is 7.53. The van der Waals surface area contributed by atoms with E-state index in [0.717, 1.165) is 19.4 Å². The second kappa shape index (κ2) is 7.82. The minimum atomic E-state index is -0.483. The van der Waals surface area contributed by atoms with E-state index in [-0.39, 0.29) is 18.5 Å². The summed E-state index contributed by atoms with van der Waals surface area (Å²) < 4.78 is 19.8. The molecule has 4 nitrogen and oxygen atoms in total. The Hall–Kier alpha value is -1.83. The van der Waals surface area contributed by atoms with Gasteiger partial charge in [0.05, 0.1) is 0 Å². The van der Waals surface area contributed by atoms with Crippen molar-refractivity contribution in [1.82, 2.24) is 9.97 Å². The SMILES string of the molecule is CC#CCOc1ncnc(N2CCCCCCC2C)c1F. The third-order valence-corrected chi connectivity index (χ3v) is 3.77. The number of nitrogens with zero attached hydrogens (tertiary/aromatic N) is 3. The molecule has 114 valence electrons. The second-order valence-corrected chi connectivity index (χ2v) is 5.28. The normalized spacial score (nSPS) is 19.2. The van der Waals surface area contributed by atoms with Gasteiger partial charge in [-0.1, -0.05) is 25.2 Å². The van der Waals surface area contributed by atoms with Crippen LogP contribution in [0.5, 0.6) is 5.88 Å². The Morgan fingerprint density at radius 2 is 2.14 bits per heavy atom. The molecule has 2 rings (SSSR count). The Bertz CT molecular complexity index is 524. The number of halogens is 1. The van der Waals surface area contributed by atoms with Gasteiger partial charge >= 0.3 is 0 Å². The summed E-state index contributed by atoms with van der Waals surface area (Å²) in [7, 11) is 0. The highest BCUT2D eigenvalue weighted by molar-refractivity contribution is 5.44. The van der Waals surface area contributed by atoms with Crippen molar-refractivity contribution in [1.29, 1.82) is 0 Å². The molecule has 0 saturated carbocycles. The maximum absolute atomic E-state index is 14.6. The van der Waals surface area contributed by atoms with Crippen LogP contribution in [-0.4, -0.2) is 29.2 Å². The zero-order chi connectivity index (χ0) is 15.1. The van der Waals surface area contributed by atoms with Crippen molar-refractivity contribution in [2.75, 3.05) is 18.1 Å². The van der Waals surface area contributed by atoms with E-state index in [1.54, 1.807) is 6.92 Å². The average Bonchev–Trinajstić information content (AvgIpc) is 2.46. The molecule has 5 heteroatoms. The van der Waals surface area contributed by atoms with Crippen LogP contribution in [0.25, 0.3) is 0 Å². The first-order chi connectivity index (χ1) is 10.2. The number of hydrogen-bond donors (Lipinski definition) is 0. The summed E-state index contributed by atoms with van der Waals surface area (Å²) in [6, 6.07) is 0.276. The lowest BCUT2D eigenvalue weighted by molar-refractivity contribution is 0.330. The van der Waals surface area contributed by atoms with E-state index >= 15 is 0 Å². The monoisotopic (exact) mass is 291 g/mol. The van der Waals surface area contributed by atoms with Gasteiger partial charge in [-0.2, -0.15) is 9.37 Å². The molecule has 0 aromatic carbocycles. The molecule has 0 N–H and O–H groups in total. The fraction of sp³-hybridized carbons (Fsp3) is 0.625. The van der Waals surface area contributed by atoms with Gasteiger partial charge in [0, 0.05) is 12.6 Å². The topological polar surface area (TPSA) is 38.3 Å². The Balaban J connectivity index is 2.20. The standard InChI is InChI=1S/C16H22FN3O/c1-3-4-11-21-16-14(17)15(18-12-19-16)20-10-8-6-5-7-9-13(20)2/h12-13H,5-11H2,1-2H3. The molecule has 1 unspecified atom stereocenters. The van der Waals surface area contributed by atoms with E-state index in [1.807, 2.05) is 4.90 Å². The molecule has 0 aliphatic carbocycles. The number of rotatable bonds is 3. The molecule has 1 aliphatic rings. The molecule has 1 aromatic heterocycles. The number of hydrogen-bond acceptors (Lipinski definition) is 4. The van der Waals surface area contributed by atoms with Crippen molar-refractivity contribution in [2.45, 2.75) is 52.0 Å². The van der Waals surface area contributed by atoms with Crippen molar-refractivity contribution in [2.24, 2.45) is 0 Å². The van der Waals surface area contributed by atoms with Gasteiger partial charge in [-0.25, -0.2) is 4.98 Å². The molecule has 1 aliphatic heterocycles.